The van der Waals surface area contributed by atoms with Crippen LogP contribution in [0.2, 0.25) is 5.02 Å². The molecule has 1 aromatic carbocycles. The number of halogens is 1. The smallest absolute Gasteiger partial charge is 0.325 e. The molecule has 5 nitrogen and oxygen atoms in total. The fraction of sp³-hybridized carbons (Fsp3) is 0.214. The van der Waals surface area contributed by atoms with Crippen molar-refractivity contribution < 1.29 is 19.4 Å². The third-order valence-electron chi connectivity index (χ3n) is 3.09. The van der Waals surface area contributed by atoms with Gasteiger partial charge >= 0.3 is 5.97 Å². The van der Waals surface area contributed by atoms with Crippen LogP contribution in [0.25, 0.3) is 0 Å². The van der Waals surface area contributed by atoms with Crippen molar-refractivity contribution in [2.24, 2.45) is 0 Å². The molecule has 110 valence electrons. The second-order valence-electron chi connectivity index (χ2n) is 4.47. The first-order chi connectivity index (χ1) is 10.1. The minimum Gasteiger partial charge on any atom is -0.480 e. The predicted molar refractivity (Wildman–Crippen MR) is 79.1 cm³/mol. The van der Waals surface area contributed by atoms with Crippen molar-refractivity contribution in [3.8, 4) is 11.5 Å². The van der Waals surface area contributed by atoms with Gasteiger partial charge in [0.05, 0.1) is 5.02 Å². The van der Waals surface area contributed by atoms with Gasteiger partial charge < -0.3 is 14.6 Å². The van der Waals surface area contributed by atoms with Crippen LogP contribution < -0.4 is 14.8 Å². The molecule has 1 atom stereocenters. The summed E-state index contributed by atoms with van der Waals surface area (Å²) in [6, 6.07) is 6.25. The first-order valence-corrected chi connectivity index (χ1v) is 7.48. The molecule has 1 aromatic heterocycles. The van der Waals surface area contributed by atoms with E-state index in [2.05, 4.69) is 5.32 Å². The first kappa shape index (κ1) is 14.2. The Labute approximate surface area is 130 Å². The summed E-state index contributed by atoms with van der Waals surface area (Å²) in [7, 11) is 0. The SMILES string of the molecule is O=C(O)C(NCc1cccs1)c1cc(Cl)c2c(c1)OCO2. The van der Waals surface area contributed by atoms with Gasteiger partial charge in [-0.1, -0.05) is 17.7 Å². The molecule has 21 heavy (non-hydrogen) atoms. The molecule has 0 radical (unpaired) electrons. The quantitative estimate of drug-likeness (QED) is 0.884. The van der Waals surface area contributed by atoms with E-state index < -0.39 is 12.0 Å². The van der Waals surface area contributed by atoms with Crippen molar-refractivity contribution in [2.75, 3.05) is 6.79 Å². The highest BCUT2D eigenvalue weighted by molar-refractivity contribution is 7.09. The van der Waals surface area contributed by atoms with Gasteiger partial charge in [0.15, 0.2) is 11.5 Å². The lowest BCUT2D eigenvalue weighted by Crippen LogP contribution is -2.27. The van der Waals surface area contributed by atoms with Crippen LogP contribution in [0.15, 0.2) is 29.6 Å². The van der Waals surface area contributed by atoms with Gasteiger partial charge in [0.25, 0.3) is 0 Å². The van der Waals surface area contributed by atoms with Crippen molar-refractivity contribution in [3.63, 3.8) is 0 Å². The molecule has 3 rings (SSSR count). The van der Waals surface area contributed by atoms with Crippen molar-refractivity contribution in [3.05, 3.63) is 45.1 Å². The van der Waals surface area contributed by atoms with Gasteiger partial charge in [-0.3, -0.25) is 10.1 Å². The lowest BCUT2D eigenvalue weighted by molar-refractivity contribution is -0.139. The van der Waals surface area contributed by atoms with Gasteiger partial charge in [-0.15, -0.1) is 11.3 Å². The highest BCUT2D eigenvalue weighted by atomic mass is 35.5. The first-order valence-electron chi connectivity index (χ1n) is 6.23. The van der Waals surface area contributed by atoms with E-state index in [9.17, 15) is 9.90 Å². The van der Waals surface area contributed by atoms with Crippen LogP contribution in [-0.2, 0) is 11.3 Å². The Hall–Kier alpha value is -1.76. The Bertz CT molecular complexity index is 659. The van der Waals surface area contributed by atoms with E-state index in [0.29, 0.717) is 28.6 Å². The van der Waals surface area contributed by atoms with Gasteiger partial charge in [0.1, 0.15) is 6.04 Å². The number of ether oxygens (including phenoxy) is 2. The summed E-state index contributed by atoms with van der Waals surface area (Å²) in [6.07, 6.45) is 0. The standard InChI is InChI=1S/C14H12ClNO4S/c15-10-4-8(5-11-13(10)20-7-19-11)12(14(17)18)16-6-9-2-1-3-21-9/h1-5,12,16H,6-7H2,(H,17,18). The van der Waals surface area contributed by atoms with Gasteiger partial charge in [0, 0.05) is 11.4 Å². The monoisotopic (exact) mass is 325 g/mol. The maximum atomic E-state index is 11.5. The number of hydrogen-bond donors (Lipinski definition) is 2. The van der Waals surface area contributed by atoms with E-state index in [1.807, 2.05) is 17.5 Å². The van der Waals surface area contributed by atoms with Crippen LogP contribution >= 0.6 is 22.9 Å². The molecule has 2 N–H and O–H groups in total. The molecule has 1 unspecified atom stereocenters. The Morgan fingerprint density at radius 1 is 1.48 bits per heavy atom. The molecule has 0 spiro atoms. The molecule has 0 bridgehead atoms. The number of aliphatic carboxylic acids is 1. The minimum absolute atomic E-state index is 0.0961. The van der Waals surface area contributed by atoms with Crippen LogP contribution in [0.3, 0.4) is 0 Å². The van der Waals surface area contributed by atoms with Gasteiger partial charge in [-0.25, -0.2) is 0 Å². The number of thiophene rings is 1. The Morgan fingerprint density at radius 3 is 3.05 bits per heavy atom. The number of benzene rings is 1. The van der Waals surface area contributed by atoms with Crippen molar-refractivity contribution in [1.29, 1.82) is 0 Å². The zero-order valence-corrected chi connectivity index (χ0v) is 12.4. The largest absolute Gasteiger partial charge is 0.480 e. The van der Waals surface area contributed by atoms with Crippen molar-refractivity contribution in [2.45, 2.75) is 12.6 Å². The number of fused-ring (bicyclic) bond motifs is 1. The molecule has 1 aliphatic heterocycles. The Kier molecular flexibility index (Phi) is 4.01. The fourth-order valence-electron chi connectivity index (χ4n) is 2.12. The average molecular weight is 326 g/mol. The lowest BCUT2D eigenvalue weighted by atomic mass is 10.1. The van der Waals surface area contributed by atoms with Crippen LogP contribution in [0, 0.1) is 0 Å². The lowest BCUT2D eigenvalue weighted by Gasteiger charge is -2.15. The molecule has 0 aliphatic carbocycles. The number of carboxylic acids is 1. The van der Waals surface area contributed by atoms with Gasteiger partial charge in [-0.2, -0.15) is 0 Å². The summed E-state index contributed by atoms with van der Waals surface area (Å²) >= 11 is 7.67. The van der Waals surface area contributed by atoms with Crippen molar-refractivity contribution in [1.82, 2.24) is 5.32 Å². The van der Waals surface area contributed by atoms with Gasteiger partial charge in [0.2, 0.25) is 6.79 Å². The molecule has 7 heteroatoms. The maximum Gasteiger partial charge on any atom is 0.325 e. The van der Waals surface area contributed by atoms with Crippen LogP contribution in [0.1, 0.15) is 16.5 Å². The number of hydrogen-bond acceptors (Lipinski definition) is 5. The molecular formula is C14H12ClNO4S. The third-order valence-corrected chi connectivity index (χ3v) is 4.25. The average Bonchev–Trinajstić information content (AvgIpc) is 3.09. The number of rotatable bonds is 5. The topological polar surface area (TPSA) is 67.8 Å². The molecule has 2 heterocycles. The second kappa shape index (κ2) is 5.93. The number of nitrogens with one attached hydrogen (secondary N) is 1. The van der Waals surface area contributed by atoms with Crippen molar-refractivity contribution >= 4 is 28.9 Å². The van der Waals surface area contributed by atoms with Crippen LogP contribution in [-0.4, -0.2) is 17.9 Å². The van der Waals surface area contributed by atoms with E-state index in [-0.39, 0.29) is 6.79 Å². The number of carbonyl (C=O) groups is 1. The molecule has 0 saturated carbocycles. The summed E-state index contributed by atoms with van der Waals surface area (Å²) in [4.78, 5) is 12.6. The molecule has 0 fully saturated rings. The zero-order valence-electron chi connectivity index (χ0n) is 10.8. The molecule has 0 amide bonds. The Morgan fingerprint density at radius 2 is 2.33 bits per heavy atom. The maximum absolute atomic E-state index is 11.5. The zero-order chi connectivity index (χ0) is 14.8. The van der Waals surface area contributed by atoms with E-state index in [4.69, 9.17) is 21.1 Å². The minimum atomic E-state index is -0.971. The molecule has 2 aromatic rings. The van der Waals surface area contributed by atoms with Crippen LogP contribution in [0.5, 0.6) is 11.5 Å². The summed E-state index contributed by atoms with van der Waals surface area (Å²) in [5, 5.41) is 14.7. The van der Waals surface area contributed by atoms with E-state index in [1.54, 1.807) is 23.5 Å². The molecular weight excluding hydrogens is 314 g/mol. The normalized spacial score (nSPS) is 14.1. The van der Waals surface area contributed by atoms with Crippen LogP contribution in [0.4, 0.5) is 0 Å². The summed E-state index contributed by atoms with van der Waals surface area (Å²) in [5.74, 6) is -0.0361. The Balaban J connectivity index is 1.84. The fourth-order valence-corrected chi connectivity index (χ4v) is 3.05. The van der Waals surface area contributed by atoms with E-state index >= 15 is 0 Å². The summed E-state index contributed by atoms with van der Waals surface area (Å²) < 4.78 is 10.5. The third kappa shape index (κ3) is 2.97. The van der Waals surface area contributed by atoms with E-state index in [0.717, 1.165) is 4.88 Å². The molecule has 0 saturated heterocycles. The van der Waals surface area contributed by atoms with E-state index in [1.165, 1.54) is 0 Å². The second-order valence-corrected chi connectivity index (χ2v) is 5.91. The van der Waals surface area contributed by atoms with Gasteiger partial charge in [-0.05, 0) is 29.1 Å². The predicted octanol–water partition coefficient (Wildman–Crippen LogP) is 3.05. The summed E-state index contributed by atoms with van der Waals surface area (Å²) in [6.45, 7) is 0.569. The summed E-state index contributed by atoms with van der Waals surface area (Å²) in [5.41, 5.74) is 0.535. The highest BCUT2D eigenvalue weighted by Crippen LogP contribution is 2.41. The number of carboxylic acid groups (broad SMARTS) is 1. The molecule has 1 aliphatic rings. The highest BCUT2D eigenvalue weighted by Gasteiger charge is 2.25.